The minimum absolute atomic E-state index is 0.223. The van der Waals surface area contributed by atoms with Crippen LogP contribution in [-0.4, -0.2) is 43.9 Å². The number of rotatable bonds is 4. The lowest BCUT2D eigenvalue weighted by molar-refractivity contribution is -0.125. The van der Waals surface area contributed by atoms with E-state index in [1.54, 1.807) is 17.0 Å². The molecule has 0 bridgehead atoms. The van der Waals surface area contributed by atoms with Gasteiger partial charge in [0.05, 0.1) is 17.1 Å². The number of halogens is 2. The van der Waals surface area contributed by atoms with Crippen molar-refractivity contribution in [2.75, 3.05) is 6.54 Å². The molecule has 28 heavy (non-hydrogen) atoms. The quantitative estimate of drug-likeness (QED) is 0.707. The number of aromatic nitrogens is 3. The summed E-state index contributed by atoms with van der Waals surface area (Å²) in [4.78, 5) is 27.2. The van der Waals surface area contributed by atoms with Crippen LogP contribution >= 0.6 is 23.2 Å². The fourth-order valence-corrected chi connectivity index (χ4v) is 3.76. The zero-order chi connectivity index (χ0) is 19.7. The van der Waals surface area contributed by atoms with Crippen LogP contribution in [0.2, 0.25) is 10.0 Å². The molecule has 1 aliphatic heterocycles. The summed E-state index contributed by atoms with van der Waals surface area (Å²) in [5.74, 6) is 0.104. The molecule has 1 fully saturated rings. The molecule has 0 saturated carbocycles. The summed E-state index contributed by atoms with van der Waals surface area (Å²) in [5, 5.41) is 11.8. The van der Waals surface area contributed by atoms with Crippen LogP contribution in [0, 0.1) is 0 Å². The van der Waals surface area contributed by atoms with E-state index in [1.165, 1.54) is 6.07 Å². The minimum atomic E-state index is -0.554. The molecule has 1 aromatic carbocycles. The van der Waals surface area contributed by atoms with Gasteiger partial charge in [0, 0.05) is 17.8 Å². The van der Waals surface area contributed by atoms with Gasteiger partial charge in [-0.3, -0.25) is 14.0 Å². The molecule has 9 heteroatoms. The van der Waals surface area contributed by atoms with Crippen LogP contribution in [0.4, 0.5) is 0 Å². The molecule has 1 saturated heterocycles. The van der Waals surface area contributed by atoms with E-state index in [-0.39, 0.29) is 18.4 Å². The van der Waals surface area contributed by atoms with E-state index in [4.69, 9.17) is 23.2 Å². The number of amides is 2. The van der Waals surface area contributed by atoms with Crippen LogP contribution < -0.4 is 5.32 Å². The molecule has 3 aromatic rings. The highest BCUT2D eigenvalue weighted by molar-refractivity contribution is 6.35. The Bertz CT molecular complexity index is 1050. The maximum atomic E-state index is 12.9. The van der Waals surface area contributed by atoms with E-state index >= 15 is 0 Å². The maximum absolute atomic E-state index is 12.9. The van der Waals surface area contributed by atoms with Crippen molar-refractivity contribution in [3.8, 4) is 0 Å². The van der Waals surface area contributed by atoms with Crippen LogP contribution in [0.25, 0.3) is 5.65 Å². The summed E-state index contributed by atoms with van der Waals surface area (Å²) in [6.45, 7) is 0.716. The van der Waals surface area contributed by atoms with Crippen molar-refractivity contribution in [2.24, 2.45) is 0 Å². The van der Waals surface area contributed by atoms with Gasteiger partial charge in [-0.05, 0) is 43.2 Å². The molecule has 3 heterocycles. The van der Waals surface area contributed by atoms with Gasteiger partial charge in [-0.15, -0.1) is 10.2 Å². The second-order valence-corrected chi connectivity index (χ2v) is 7.39. The van der Waals surface area contributed by atoms with E-state index in [9.17, 15) is 9.59 Å². The van der Waals surface area contributed by atoms with Gasteiger partial charge in [-0.2, -0.15) is 0 Å². The fraction of sp³-hybridized carbons (Fsp3) is 0.263. The van der Waals surface area contributed by atoms with Gasteiger partial charge in [0.15, 0.2) is 11.5 Å². The van der Waals surface area contributed by atoms with Crippen molar-refractivity contribution >= 4 is 40.7 Å². The Morgan fingerprint density at radius 3 is 2.89 bits per heavy atom. The Morgan fingerprint density at radius 1 is 1.18 bits per heavy atom. The average Bonchev–Trinajstić information content (AvgIpc) is 3.34. The Kier molecular flexibility index (Phi) is 5.19. The Morgan fingerprint density at radius 2 is 2.04 bits per heavy atom. The molecule has 7 nitrogen and oxygen atoms in total. The standard InChI is InChI=1S/C19H17Cl2N5O2/c20-12-6-7-14(21)13(10-12)19(28)25-9-3-4-15(25)18(27)22-11-17-24-23-16-5-1-2-8-26(16)17/h1-2,5-8,10,15H,3-4,9,11H2,(H,22,27)/t15-/m1/s1. The van der Waals surface area contributed by atoms with E-state index < -0.39 is 6.04 Å². The zero-order valence-corrected chi connectivity index (χ0v) is 16.3. The molecule has 0 aliphatic carbocycles. The highest BCUT2D eigenvalue weighted by Gasteiger charge is 2.35. The van der Waals surface area contributed by atoms with Gasteiger partial charge < -0.3 is 10.2 Å². The number of benzene rings is 1. The first kappa shape index (κ1) is 18.7. The highest BCUT2D eigenvalue weighted by atomic mass is 35.5. The molecule has 2 amide bonds. The van der Waals surface area contributed by atoms with Crippen molar-refractivity contribution in [1.82, 2.24) is 24.8 Å². The summed E-state index contributed by atoms with van der Waals surface area (Å²) in [5.41, 5.74) is 1.01. The van der Waals surface area contributed by atoms with Crippen LogP contribution in [0.15, 0.2) is 42.6 Å². The van der Waals surface area contributed by atoms with Gasteiger partial charge in [0.1, 0.15) is 6.04 Å². The molecular formula is C19H17Cl2N5O2. The second-order valence-electron chi connectivity index (χ2n) is 6.54. The molecule has 0 unspecified atom stereocenters. The van der Waals surface area contributed by atoms with E-state index in [1.807, 2.05) is 28.8 Å². The normalized spacial score (nSPS) is 16.5. The number of pyridine rings is 1. The first-order chi connectivity index (χ1) is 13.5. The predicted molar refractivity (Wildman–Crippen MR) is 105 cm³/mol. The molecule has 4 rings (SSSR count). The molecule has 144 valence electrons. The monoisotopic (exact) mass is 417 g/mol. The lowest BCUT2D eigenvalue weighted by atomic mass is 10.1. The molecule has 0 radical (unpaired) electrons. The maximum Gasteiger partial charge on any atom is 0.256 e. The molecular weight excluding hydrogens is 401 g/mol. The van der Waals surface area contributed by atoms with Crippen LogP contribution in [0.1, 0.15) is 29.0 Å². The third-order valence-electron chi connectivity index (χ3n) is 4.78. The molecule has 0 spiro atoms. The topological polar surface area (TPSA) is 79.6 Å². The second kappa shape index (κ2) is 7.77. The molecule has 1 aliphatic rings. The summed E-state index contributed by atoms with van der Waals surface area (Å²) in [6, 6.07) is 9.76. The number of nitrogens with zero attached hydrogens (tertiary/aromatic N) is 4. The number of hydrogen-bond donors (Lipinski definition) is 1. The van der Waals surface area contributed by atoms with Gasteiger partial charge in [0.2, 0.25) is 5.91 Å². The van der Waals surface area contributed by atoms with Gasteiger partial charge in [0.25, 0.3) is 5.91 Å². The van der Waals surface area contributed by atoms with E-state index in [0.29, 0.717) is 40.0 Å². The number of hydrogen-bond acceptors (Lipinski definition) is 4. The lowest BCUT2D eigenvalue weighted by Gasteiger charge is -2.24. The highest BCUT2D eigenvalue weighted by Crippen LogP contribution is 2.26. The third kappa shape index (κ3) is 3.55. The number of carbonyl (C=O) groups excluding carboxylic acids is 2. The first-order valence-corrected chi connectivity index (χ1v) is 9.62. The first-order valence-electron chi connectivity index (χ1n) is 8.87. The average molecular weight is 418 g/mol. The summed E-state index contributed by atoms with van der Waals surface area (Å²) in [7, 11) is 0. The van der Waals surface area contributed by atoms with E-state index in [2.05, 4.69) is 15.5 Å². The summed E-state index contributed by atoms with van der Waals surface area (Å²) < 4.78 is 1.81. The Balaban J connectivity index is 1.47. The van der Waals surface area contributed by atoms with Crippen molar-refractivity contribution in [1.29, 1.82) is 0 Å². The van der Waals surface area contributed by atoms with Gasteiger partial charge in [-0.25, -0.2) is 0 Å². The zero-order valence-electron chi connectivity index (χ0n) is 14.8. The van der Waals surface area contributed by atoms with Gasteiger partial charge >= 0.3 is 0 Å². The number of likely N-dealkylation sites (tertiary alicyclic amines) is 1. The third-order valence-corrected chi connectivity index (χ3v) is 5.34. The van der Waals surface area contributed by atoms with Crippen LogP contribution in [0.3, 0.4) is 0 Å². The lowest BCUT2D eigenvalue weighted by Crippen LogP contribution is -2.46. The van der Waals surface area contributed by atoms with E-state index in [0.717, 1.165) is 6.42 Å². The SMILES string of the molecule is O=C(NCc1nnc2ccccn12)[C@H]1CCCN1C(=O)c1cc(Cl)ccc1Cl. The van der Waals surface area contributed by atoms with Crippen molar-refractivity contribution in [3.05, 3.63) is 64.0 Å². The van der Waals surface area contributed by atoms with Crippen molar-refractivity contribution in [3.63, 3.8) is 0 Å². The Labute approximate surface area is 171 Å². The molecule has 1 N–H and O–H groups in total. The number of fused-ring (bicyclic) bond motifs is 1. The summed E-state index contributed by atoms with van der Waals surface area (Å²) >= 11 is 12.2. The molecule has 1 atom stereocenters. The van der Waals surface area contributed by atoms with Crippen molar-refractivity contribution < 1.29 is 9.59 Å². The predicted octanol–water partition coefficient (Wildman–Crippen LogP) is 2.96. The smallest absolute Gasteiger partial charge is 0.256 e. The largest absolute Gasteiger partial charge is 0.347 e. The Hall–Kier alpha value is -2.64. The number of carbonyl (C=O) groups is 2. The molecule has 2 aromatic heterocycles. The van der Waals surface area contributed by atoms with Gasteiger partial charge in [-0.1, -0.05) is 29.3 Å². The van der Waals surface area contributed by atoms with Crippen molar-refractivity contribution in [2.45, 2.75) is 25.4 Å². The minimum Gasteiger partial charge on any atom is -0.347 e. The summed E-state index contributed by atoms with van der Waals surface area (Å²) in [6.07, 6.45) is 3.18. The van der Waals surface area contributed by atoms with Crippen LogP contribution in [0.5, 0.6) is 0 Å². The van der Waals surface area contributed by atoms with Crippen LogP contribution in [-0.2, 0) is 11.3 Å². The fourth-order valence-electron chi connectivity index (χ4n) is 3.39. The number of nitrogens with one attached hydrogen (secondary N) is 1.